The Hall–Kier alpha value is -0.510. The second kappa shape index (κ2) is 10.4. The fourth-order valence-corrected chi connectivity index (χ4v) is 2.73. The molecule has 0 aliphatic rings. The molecule has 1 unspecified atom stereocenters. The Morgan fingerprint density at radius 1 is 1.28 bits per heavy atom. The Morgan fingerprint density at radius 3 is 2.72 bits per heavy atom. The highest BCUT2D eigenvalue weighted by molar-refractivity contribution is 7.99. The van der Waals surface area contributed by atoms with E-state index in [1.807, 2.05) is 11.8 Å². The van der Waals surface area contributed by atoms with Crippen LogP contribution in [0.3, 0.4) is 0 Å². The van der Waals surface area contributed by atoms with E-state index in [0.29, 0.717) is 6.04 Å². The predicted molar refractivity (Wildman–Crippen MR) is 80.4 cm³/mol. The molecule has 0 amide bonds. The zero-order valence-corrected chi connectivity index (χ0v) is 12.3. The number of benzene rings is 1. The van der Waals surface area contributed by atoms with Crippen LogP contribution in [0.5, 0.6) is 0 Å². The van der Waals surface area contributed by atoms with Crippen LogP contribution in [-0.2, 0) is 4.74 Å². The minimum absolute atomic E-state index is 0.506. The molecule has 0 fully saturated rings. The first kappa shape index (κ1) is 15.5. The zero-order valence-electron chi connectivity index (χ0n) is 11.5. The lowest BCUT2D eigenvalue weighted by molar-refractivity contribution is 0.162. The second-order valence-electron chi connectivity index (χ2n) is 4.41. The minimum atomic E-state index is 0.506. The van der Waals surface area contributed by atoms with Crippen molar-refractivity contribution in [2.24, 2.45) is 0 Å². The van der Waals surface area contributed by atoms with Crippen LogP contribution in [0.25, 0.3) is 0 Å². The van der Waals surface area contributed by atoms with Crippen molar-refractivity contribution in [3.63, 3.8) is 0 Å². The average Bonchev–Trinajstić information content (AvgIpc) is 2.42. The van der Waals surface area contributed by atoms with Crippen molar-refractivity contribution >= 4 is 11.8 Å². The molecule has 0 aromatic heterocycles. The largest absolute Gasteiger partial charge is 0.383 e. The summed E-state index contributed by atoms with van der Waals surface area (Å²) in [7, 11) is 1.78. The molecule has 0 saturated carbocycles. The molecule has 1 aromatic carbocycles. The standard InChI is InChI=1S/C15H25NOS/c1-3-11-16-14(13-17-2)8-7-12-18-15-9-5-4-6-10-15/h4-6,9-10,14,16H,3,7-8,11-13H2,1-2H3. The smallest absolute Gasteiger partial charge is 0.0615 e. The van der Waals surface area contributed by atoms with Crippen molar-refractivity contribution < 1.29 is 4.74 Å². The van der Waals surface area contributed by atoms with Crippen LogP contribution in [-0.4, -0.2) is 32.1 Å². The number of ether oxygens (including phenoxy) is 1. The van der Waals surface area contributed by atoms with Crippen LogP contribution in [0.4, 0.5) is 0 Å². The zero-order chi connectivity index (χ0) is 13.1. The highest BCUT2D eigenvalue weighted by atomic mass is 32.2. The fourth-order valence-electron chi connectivity index (χ4n) is 1.83. The van der Waals surface area contributed by atoms with Gasteiger partial charge in [-0.05, 0) is 43.7 Å². The highest BCUT2D eigenvalue weighted by Gasteiger charge is 2.06. The molecule has 2 nitrogen and oxygen atoms in total. The molecule has 102 valence electrons. The van der Waals surface area contributed by atoms with Crippen LogP contribution in [0.15, 0.2) is 35.2 Å². The van der Waals surface area contributed by atoms with Crippen LogP contribution in [0, 0.1) is 0 Å². The van der Waals surface area contributed by atoms with Gasteiger partial charge in [0, 0.05) is 18.0 Å². The Kier molecular flexibility index (Phi) is 9.00. The molecule has 18 heavy (non-hydrogen) atoms. The second-order valence-corrected chi connectivity index (χ2v) is 5.58. The lowest BCUT2D eigenvalue weighted by Crippen LogP contribution is -2.33. The predicted octanol–water partition coefficient (Wildman–Crippen LogP) is 3.57. The third kappa shape index (κ3) is 7.04. The molecule has 0 saturated heterocycles. The third-order valence-corrected chi connectivity index (χ3v) is 3.86. The Balaban J connectivity index is 2.14. The number of methoxy groups -OCH3 is 1. The first-order chi connectivity index (χ1) is 8.86. The van der Waals surface area contributed by atoms with Crippen molar-refractivity contribution in [1.29, 1.82) is 0 Å². The summed E-state index contributed by atoms with van der Waals surface area (Å²) in [5, 5.41) is 3.53. The average molecular weight is 267 g/mol. The van der Waals surface area contributed by atoms with Crippen LogP contribution in [0.1, 0.15) is 26.2 Å². The summed E-state index contributed by atoms with van der Waals surface area (Å²) in [4.78, 5) is 1.36. The molecule has 0 aliphatic heterocycles. The van der Waals surface area contributed by atoms with Gasteiger partial charge in [0.25, 0.3) is 0 Å². The maximum absolute atomic E-state index is 5.25. The molecule has 3 heteroatoms. The third-order valence-electron chi connectivity index (χ3n) is 2.76. The van der Waals surface area contributed by atoms with Gasteiger partial charge in [0.2, 0.25) is 0 Å². The lowest BCUT2D eigenvalue weighted by Gasteiger charge is -2.17. The van der Waals surface area contributed by atoms with E-state index in [-0.39, 0.29) is 0 Å². The number of thioether (sulfide) groups is 1. The highest BCUT2D eigenvalue weighted by Crippen LogP contribution is 2.18. The number of hydrogen-bond acceptors (Lipinski definition) is 3. The van der Waals surface area contributed by atoms with Gasteiger partial charge in [-0.1, -0.05) is 25.1 Å². The van der Waals surface area contributed by atoms with Gasteiger partial charge >= 0.3 is 0 Å². The van der Waals surface area contributed by atoms with Gasteiger partial charge in [0.1, 0.15) is 0 Å². The van der Waals surface area contributed by atoms with Gasteiger partial charge in [0.15, 0.2) is 0 Å². The van der Waals surface area contributed by atoms with Crippen molar-refractivity contribution in [3.8, 4) is 0 Å². The Bertz CT molecular complexity index is 292. The molecule has 0 heterocycles. The van der Waals surface area contributed by atoms with Crippen molar-refractivity contribution in [2.75, 3.05) is 26.0 Å². The maximum Gasteiger partial charge on any atom is 0.0615 e. The first-order valence-corrected chi connectivity index (χ1v) is 7.75. The van der Waals surface area contributed by atoms with Gasteiger partial charge in [-0.2, -0.15) is 0 Å². The summed E-state index contributed by atoms with van der Waals surface area (Å²) in [6.07, 6.45) is 3.59. The van der Waals surface area contributed by atoms with E-state index in [1.165, 1.54) is 29.9 Å². The summed E-state index contributed by atoms with van der Waals surface area (Å²) >= 11 is 1.94. The monoisotopic (exact) mass is 267 g/mol. The molecule has 1 atom stereocenters. The van der Waals surface area contributed by atoms with Gasteiger partial charge in [-0.15, -0.1) is 11.8 Å². The van der Waals surface area contributed by atoms with Crippen LogP contribution >= 0.6 is 11.8 Å². The Morgan fingerprint density at radius 2 is 2.06 bits per heavy atom. The Labute approximate surface area is 116 Å². The van der Waals surface area contributed by atoms with Crippen molar-refractivity contribution in [1.82, 2.24) is 5.32 Å². The summed E-state index contributed by atoms with van der Waals surface area (Å²) in [6, 6.07) is 11.1. The molecule has 0 bridgehead atoms. The quantitative estimate of drug-likeness (QED) is 0.517. The molecule has 0 spiro atoms. The van der Waals surface area contributed by atoms with Gasteiger partial charge < -0.3 is 10.1 Å². The van der Waals surface area contributed by atoms with E-state index in [0.717, 1.165) is 13.2 Å². The van der Waals surface area contributed by atoms with E-state index in [4.69, 9.17) is 4.74 Å². The molecule has 0 aliphatic carbocycles. The van der Waals surface area contributed by atoms with Gasteiger partial charge in [-0.25, -0.2) is 0 Å². The summed E-state index contributed by atoms with van der Waals surface area (Å²) in [5.41, 5.74) is 0. The summed E-state index contributed by atoms with van der Waals surface area (Å²) < 4.78 is 5.25. The number of hydrogen-bond donors (Lipinski definition) is 1. The molecule has 1 N–H and O–H groups in total. The minimum Gasteiger partial charge on any atom is -0.383 e. The normalized spacial score (nSPS) is 12.6. The molecular weight excluding hydrogens is 242 g/mol. The van der Waals surface area contributed by atoms with Gasteiger partial charge in [0.05, 0.1) is 6.61 Å². The SMILES string of the molecule is CCCNC(CCCSc1ccccc1)COC. The molecular formula is C15H25NOS. The van der Waals surface area contributed by atoms with Crippen LogP contribution < -0.4 is 5.32 Å². The summed E-state index contributed by atoms with van der Waals surface area (Å²) in [5.74, 6) is 1.18. The first-order valence-electron chi connectivity index (χ1n) is 6.77. The summed E-state index contributed by atoms with van der Waals surface area (Å²) in [6.45, 7) is 4.10. The number of nitrogens with one attached hydrogen (secondary N) is 1. The van der Waals surface area contributed by atoms with Crippen molar-refractivity contribution in [2.45, 2.75) is 37.1 Å². The molecule has 1 aromatic rings. The molecule has 0 radical (unpaired) electrons. The van der Waals surface area contributed by atoms with Crippen molar-refractivity contribution in [3.05, 3.63) is 30.3 Å². The fraction of sp³-hybridized carbons (Fsp3) is 0.600. The van der Waals surface area contributed by atoms with E-state index in [9.17, 15) is 0 Å². The van der Waals surface area contributed by atoms with Gasteiger partial charge in [-0.3, -0.25) is 0 Å². The number of rotatable bonds is 10. The van der Waals surface area contributed by atoms with E-state index in [2.05, 4.69) is 42.6 Å². The van der Waals surface area contributed by atoms with E-state index >= 15 is 0 Å². The van der Waals surface area contributed by atoms with Crippen LogP contribution in [0.2, 0.25) is 0 Å². The maximum atomic E-state index is 5.25. The van der Waals surface area contributed by atoms with E-state index in [1.54, 1.807) is 7.11 Å². The van der Waals surface area contributed by atoms with E-state index < -0.39 is 0 Å². The molecule has 1 rings (SSSR count). The topological polar surface area (TPSA) is 21.3 Å². The lowest BCUT2D eigenvalue weighted by atomic mass is 10.2.